The molecule has 0 unspecified atom stereocenters. The zero-order valence-corrected chi connectivity index (χ0v) is 15.8. The molecule has 2 aromatic carbocycles. The van der Waals surface area contributed by atoms with Gasteiger partial charge in [-0.15, -0.1) is 0 Å². The first-order chi connectivity index (χ1) is 13.0. The molecule has 0 aliphatic rings. The number of hydrogen-bond donors (Lipinski definition) is 1. The number of ether oxygens (including phenoxy) is 1. The second-order valence-corrected chi connectivity index (χ2v) is 6.59. The highest BCUT2D eigenvalue weighted by atomic mass is 35.5. The highest BCUT2D eigenvalue weighted by Crippen LogP contribution is 2.33. The number of nitrogens with zero attached hydrogens (tertiary/aromatic N) is 1. The Morgan fingerprint density at radius 3 is 2.78 bits per heavy atom. The second-order valence-electron chi connectivity index (χ2n) is 6.18. The molecule has 0 spiro atoms. The van der Waals surface area contributed by atoms with Crippen LogP contribution in [0.2, 0.25) is 5.02 Å². The molecule has 27 heavy (non-hydrogen) atoms. The molecule has 0 saturated heterocycles. The van der Waals surface area contributed by atoms with Gasteiger partial charge in [0.1, 0.15) is 17.3 Å². The summed E-state index contributed by atoms with van der Waals surface area (Å²) in [6.45, 7) is 3.73. The third-order valence-corrected chi connectivity index (χ3v) is 4.65. The molecule has 3 aromatic rings. The van der Waals surface area contributed by atoms with Gasteiger partial charge in [-0.2, -0.15) is 0 Å². The molecule has 1 aromatic heterocycles. The van der Waals surface area contributed by atoms with Gasteiger partial charge in [0.2, 0.25) is 6.41 Å². The molecule has 0 aliphatic heterocycles. The van der Waals surface area contributed by atoms with Gasteiger partial charge in [0.15, 0.2) is 0 Å². The minimum atomic E-state index is 0.135. The van der Waals surface area contributed by atoms with Crippen LogP contribution in [-0.4, -0.2) is 17.2 Å². The summed E-state index contributed by atoms with van der Waals surface area (Å²) in [5.74, 6) is 1.30. The molecule has 0 aliphatic carbocycles. The molecule has 138 valence electrons. The van der Waals surface area contributed by atoms with Crippen LogP contribution in [0.5, 0.6) is 11.5 Å². The Morgan fingerprint density at radius 1 is 1.26 bits per heavy atom. The number of Topliss-reactive ketones (excluding diaryl/α,β-unsaturated/α-hetero) is 1. The van der Waals surface area contributed by atoms with Gasteiger partial charge in [-0.3, -0.25) is 14.6 Å². The van der Waals surface area contributed by atoms with E-state index < -0.39 is 0 Å². The first-order valence-electron chi connectivity index (χ1n) is 8.59. The van der Waals surface area contributed by atoms with Crippen molar-refractivity contribution in [3.63, 3.8) is 0 Å². The number of nitrogens with one attached hydrogen (secondary N) is 1. The highest BCUT2D eigenvalue weighted by Gasteiger charge is 2.11. The molecule has 0 fully saturated rings. The van der Waals surface area contributed by atoms with Gasteiger partial charge in [0.05, 0.1) is 5.52 Å². The van der Waals surface area contributed by atoms with Crippen molar-refractivity contribution in [1.29, 1.82) is 0 Å². The lowest BCUT2D eigenvalue weighted by Gasteiger charge is -2.12. The predicted octanol–water partition coefficient (Wildman–Crippen LogP) is 5.08. The Bertz CT molecular complexity index is 1020. The molecule has 0 radical (unpaired) electrons. The molecule has 1 heterocycles. The Labute approximate surface area is 162 Å². The number of ketones is 1. The van der Waals surface area contributed by atoms with Gasteiger partial charge in [-0.1, -0.05) is 24.6 Å². The summed E-state index contributed by atoms with van der Waals surface area (Å²) in [5, 5.41) is 3.95. The zero-order valence-electron chi connectivity index (χ0n) is 15.1. The Balaban J connectivity index is 1.94. The summed E-state index contributed by atoms with van der Waals surface area (Å²) in [7, 11) is 0. The van der Waals surface area contributed by atoms with E-state index in [0.717, 1.165) is 22.0 Å². The summed E-state index contributed by atoms with van der Waals surface area (Å²) in [6.07, 6.45) is 3.10. The van der Waals surface area contributed by atoms with Crippen LogP contribution in [0.3, 0.4) is 0 Å². The van der Waals surface area contributed by atoms with E-state index in [1.165, 1.54) is 0 Å². The van der Waals surface area contributed by atoms with E-state index in [4.69, 9.17) is 16.3 Å². The van der Waals surface area contributed by atoms with Crippen molar-refractivity contribution < 1.29 is 14.3 Å². The normalized spacial score (nSPS) is 10.6. The summed E-state index contributed by atoms with van der Waals surface area (Å²) in [4.78, 5) is 26.8. The van der Waals surface area contributed by atoms with Crippen molar-refractivity contribution >= 4 is 40.4 Å². The largest absolute Gasteiger partial charge is 0.457 e. The average Bonchev–Trinajstić information content (AvgIpc) is 2.65. The maximum Gasteiger partial charge on any atom is 0.211 e. The third-order valence-electron chi connectivity index (χ3n) is 4.30. The molecule has 3 rings (SSSR count). The Hall–Kier alpha value is -2.92. The van der Waals surface area contributed by atoms with Gasteiger partial charge in [0, 0.05) is 35.1 Å². The zero-order chi connectivity index (χ0) is 19.4. The maximum absolute atomic E-state index is 11.6. The van der Waals surface area contributed by atoms with E-state index in [2.05, 4.69) is 10.3 Å². The van der Waals surface area contributed by atoms with E-state index in [9.17, 15) is 9.59 Å². The minimum absolute atomic E-state index is 0.135. The van der Waals surface area contributed by atoms with Gasteiger partial charge < -0.3 is 10.1 Å². The number of halogens is 1. The number of aryl methyl sites for hydroxylation is 1. The summed E-state index contributed by atoms with van der Waals surface area (Å²) >= 11 is 6.31. The van der Waals surface area contributed by atoms with Gasteiger partial charge in [-0.25, -0.2) is 0 Å². The molecular weight excluding hydrogens is 364 g/mol. The van der Waals surface area contributed by atoms with Gasteiger partial charge in [0.25, 0.3) is 0 Å². The number of pyridine rings is 1. The smallest absolute Gasteiger partial charge is 0.211 e. The van der Waals surface area contributed by atoms with Crippen LogP contribution in [0.25, 0.3) is 10.9 Å². The number of anilines is 1. The van der Waals surface area contributed by atoms with Crippen LogP contribution >= 0.6 is 11.6 Å². The number of amides is 1. The molecule has 5 nitrogen and oxygen atoms in total. The van der Waals surface area contributed by atoms with Crippen LogP contribution in [0.4, 0.5) is 5.69 Å². The number of carbonyl (C=O) groups excluding carboxylic acids is 2. The summed E-state index contributed by atoms with van der Waals surface area (Å²) in [5.41, 5.74) is 3.15. The first kappa shape index (κ1) is 18.9. The number of fused-ring (bicyclic) bond motifs is 1. The van der Waals surface area contributed by atoms with Crippen LogP contribution in [0, 0.1) is 6.92 Å². The maximum atomic E-state index is 11.6. The Kier molecular flexibility index (Phi) is 5.72. The van der Waals surface area contributed by atoms with E-state index in [1.54, 1.807) is 30.5 Å². The van der Waals surface area contributed by atoms with Crippen LogP contribution in [-0.2, 0) is 16.0 Å². The number of hydrogen-bond acceptors (Lipinski definition) is 4. The van der Waals surface area contributed by atoms with Crippen LogP contribution in [0.1, 0.15) is 24.5 Å². The standard InChI is InChI=1S/C21H19ClN2O3/c1-3-15(26)9-14-4-5-16(10-18(14)22)27-21-6-7-23-20-8-13(2)19(24-12-25)11-17(20)21/h4-8,10-12H,3,9H2,1-2H3,(H,24,25). The van der Waals surface area contributed by atoms with Crippen molar-refractivity contribution in [2.24, 2.45) is 0 Å². The molecule has 0 bridgehead atoms. The number of benzene rings is 2. The monoisotopic (exact) mass is 382 g/mol. The van der Waals surface area contributed by atoms with Gasteiger partial charge in [-0.05, 0) is 48.4 Å². The summed E-state index contributed by atoms with van der Waals surface area (Å²) in [6, 6.07) is 10.8. The topological polar surface area (TPSA) is 68.3 Å². The minimum Gasteiger partial charge on any atom is -0.457 e. The summed E-state index contributed by atoms with van der Waals surface area (Å²) < 4.78 is 6.01. The Morgan fingerprint density at radius 2 is 2.07 bits per heavy atom. The lowest BCUT2D eigenvalue weighted by atomic mass is 10.1. The van der Waals surface area contributed by atoms with Crippen LogP contribution in [0.15, 0.2) is 42.6 Å². The lowest BCUT2D eigenvalue weighted by molar-refractivity contribution is -0.118. The van der Waals surface area contributed by atoms with Crippen molar-refractivity contribution in [2.45, 2.75) is 26.7 Å². The van der Waals surface area contributed by atoms with Crippen molar-refractivity contribution in [1.82, 2.24) is 4.98 Å². The molecule has 0 atom stereocenters. The first-order valence-corrected chi connectivity index (χ1v) is 8.97. The third kappa shape index (κ3) is 4.26. The number of aromatic nitrogens is 1. The lowest BCUT2D eigenvalue weighted by Crippen LogP contribution is -2.01. The molecule has 0 saturated carbocycles. The van der Waals surface area contributed by atoms with Crippen molar-refractivity contribution in [2.75, 3.05) is 5.32 Å². The van der Waals surface area contributed by atoms with E-state index in [-0.39, 0.29) is 5.78 Å². The fourth-order valence-electron chi connectivity index (χ4n) is 2.78. The van der Waals surface area contributed by atoms with Crippen LogP contribution < -0.4 is 10.1 Å². The second kappa shape index (κ2) is 8.18. The molecular formula is C21H19ClN2O3. The fourth-order valence-corrected chi connectivity index (χ4v) is 3.02. The average molecular weight is 383 g/mol. The SMILES string of the molecule is CCC(=O)Cc1ccc(Oc2ccnc3cc(C)c(NC=O)cc23)cc1Cl. The van der Waals surface area contributed by atoms with E-state index >= 15 is 0 Å². The number of rotatable bonds is 7. The predicted molar refractivity (Wildman–Crippen MR) is 107 cm³/mol. The highest BCUT2D eigenvalue weighted by molar-refractivity contribution is 6.31. The quantitative estimate of drug-likeness (QED) is 0.578. The van der Waals surface area contributed by atoms with Crippen molar-refractivity contribution in [3.8, 4) is 11.5 Å². The van der Waals surface area contributed by atoms with Crippen molar-refractivity contribution in [3.05, 3.63) is 58.7 Å². The van der Waals surface area contributed by atoms with E-state index in [0.29, 0.717) is 41.5 Å². The van der Waals surface area contributed by atoms with E-state index in [1.807, 2.05) is 26.0 Å². The number of carbonyl (C=O) groups is 2. The molecule has 1 amide bonds. The molecule has 1 N–H and O–H groups in total. The molecule has 6 heteroatoms. The van der Waals surface area contributed by atoms with Gasteiger partial charge >= 0.3 is 0 Å². The fraction of sp³-hybridized carbons (Fsp3) is 0.190.